The summed E-state index contributed by atoms with van der Waals surface area (Å²) in [6.07, 6.45) is 1.62. The summed E-state index contributed by atoms with van der Waals surface area (Å²) in [5, 5.41) is 0.393. The Morgan fingerprint density at radius 2 is 1.82 bits per heavy atom. The fraction of sp³-hybridized carbons (Fsp3) is 0.208. The predicted molar refractivity (Wildman–Crippen MR) is 131 cm³/mol. The second-order valence-corrected chi connectivity index (χ2v) is 10.3. The summed E-state index contributed by atoms with van der Waals surface area (Å²) in [6.45, 7) is 2.53. The maximum Gasteiger partial charge on any atom is 0.244 e. The van der Waals surface area contributed by atoms with Gasteiger partial charge in [-0.3, -0.25) is 14.7 Å². The van der Waals surface area contributed by atoms with Crippen LogP contribution in [-0.4, -0.2) is 43.8 Å². The molecular weight excluding hydrogens is 474 g/mol. The first-order valence-corrected chi connectivity index (χ1v) is 13.0. The molecule has 2 heterocycles. The van der Waals surface area contributed by atoms with Crippen LogP contribution in [0.25, 0.3) is 10.2 Å². The highest BCUT2D eigenvalue weighted by Gasteiger charge is 2.27. The van der Waals surface area contributed by atoms with E-state index in [4.69, 9.17) is 9.47 Å². The smallest absolute Gasteiger partial charge is 0.244 e. The van der Waals surface area contributed by atoms with Crippen LogP contribution in [-0.2, 0) is 21.2 Å². The molecule has 0 saturated carbocycles. The highest BCUT2D eigenvalue weighted by molar-refractivity contribution is 7.92. The largest absolute Gasteiger partial charge is 0.497 e. The number of ether oxygens (including phenoxy) is 2. The van der Waals surface area contributed by atoms with Crippen LogP contribution in [0.2, 0.25) is 0 Å². The van der Waals surface area contributed by atoms with Crippen molar-refractivity contribution in [3.05, 3.63) is 72.6 Å². The summed E-state index contributed by atoms with van der Waals surface area (Å²) in [6, 6.07) is 16.8. The quantitative estimate of drug-likeness (QED) is 0.343. The van der Waals surface area contributed by atoms with Crippen molar-refractivity contribution in [3.8, 4) is 11.5 Å². The van der Waals surface area contributed by atoms with Crippen LogP contribution in [0, 0.1) is 0 Å². The topological polar surface area (TPSA) is 98.7 Å². The first kappa shape index (κ1) is 23.7. The lowest BCUT2D eigenvalue weighted by Gasteiger charge is -2.19. The van der Waals surface area contributed by atoms with Gasteiger partial charge in [0.05, 0.1) is 41.1 Å². The Kier molecular flexibility index (Phi) is 7.09. The van der Waals surface area contributed by atoms with Gasteiger partial charge in [-0.25, -0.2) is 13.4 Å². The third kappa shape index (κ3) is 5.35. The van der Waals surface area contributed by atoms with Crippen molar-refractivity contribution in [1.29, 1.82) is 0 Å². The van der Waals surface area contributed by atoms with Crippen molar-refractivity contribution in [2.24, 2.45) is 0 Å². The fourth-order valence-electron chi connectivity index (χ4n) is 3.29. The molecule has 4 rings (SSSR count). The van der Waals surface area contributed by atoms with Crippen LogP contribution in [0.4, 0.5) is 5.13 Å². The maximum atomic E-state index is 13.3. The lowest BCUT2D eigenvalue weighted by molar-refractivity contribution is -0.116. The Morgan fingerprint density at radius 1 is 1.06 bits per heavy atom. The number of aromatic nitrogens is 2. The van der Waals surface area contributed by atoms with Gasteiger partial charge >= 0.3 is 0 Å². The zero-order valence-electron chi connectivity index (χ0n) is 18.7. The van der Waals surface area contributed by atoms with Crippen LogP contribution < -0.4 is 14.4 Å². The van der Waals surface area contributed by atoms with E-state index < -0.39 is 21.5 Å². The van der Waals surface area contributed by atoms with E-state index in [2.05, 4.69) is 9.97 Å². The number of anilines is 1. The van der Waals surface area contributed by atoms with E-state index in [-0.39, 0.29) is 11.4 Å². The predicted octanol–water partition coefficient (Wildman–Crippen LogP) is 4.11. The van der Waals surface area contributed by atoms with Crippen LogP contribution in [0.5, 0.6) is 11.5 Å². The Bertz CT molecular complexity index is 1390. The van der Waals surface area contributed by atoms with E-state index in [1.54, 1.807) is 30.5 Å². The van der Waals surface area contributed by atoms with E-state index in [1.807, 2.05) is 31.2 Å². The highest BCUT2D eigenvalue weighted by atomic mass is 32.2. The molecule has 0 fully saturated rings. The molecule has 1 amide bonds. The zero-order valence-corrected chi connectivity index (χ0v) is 20.3. The number of carbonyl (C=O) groups excluding carboxylic acids is 1. The summed E-state index contributed by atoms with van der Waals surface area (Å²) in [5.41, 5.74) is 1.31. The van der Waals surface area contributed by atoms with Crippen molar-refractivity contribution in [2.75, 3.05) is 24.4 Å². The second-order valence-electron chi connectivity index (χ2n) is 7.29. The molecule has 0 N–H and O–H groups in total. The number of hydrogen-bond acceptors (Lipinski definition) is 8. The van der Waals surface area contributed by atoms with Gasteiger partial charge < -0.3 is 9.47 Å². The molecule has 0 aliphatic heterocycles. The lowest BCUT2D eigenvalue weighted by Crippen LogP contribution is -2.35. The molecule has 0 aliphatic rings. The molecule has 10 heteroatoms. The molecule has 0 spiro atoms. The number of carbonyl (C=O) groups is 1. The van der Waals surface area contributed by atoms with E-state index in [0.29, 0.717) is 34.4 Å². The van der Waals surface area contributed by atoms with Crippen molar-refractivity contribution in [1.82, 2.24) is 9.97 Å². The van der Waals surface area contributed by atoms with E-state index >= 15 is 0 Å². The molecule has 0 unspecified atom stereocenters. The normalized spacial score (nSPS) is 11.4. The minimum absolute atomic E-state index is 0.0464. The van der Waals surface area contributed by atoms with Gasteiger partial charge in [0.1, 0.15) is 17.3 Å². The number of methoxy groups -OCH3 is 1. The molecule has 0 radical (unpaired) electrons. The number of thiazole rings is 1. The first-order chi connectivity index (χ1) is 16.4. The summed E-state index contributed by atoms with van der Waals surface area (Å²) in [5.74, 6) is -0.0601. The van der Waals surface area contributed by atoms with Gasteiger partial charge in [-0.1, -0.05) is 17.4 Å². The minimum atomic E-state index is -3.88. The van der Waals surface area contributed by atoms with Crippen LogP contribution >= 0.6 is 11.3 Å². The number of nitrogens with zero attached hydrogens (tertiary/aromatic N) is 3. The molecule has 0 atom stereocenters. The van der Waals surface area contributed by atoms with E-state index in [1.165, 1.54) is 35.5 Å². The molecule has 176 valence electrons. The second kappa shape index (κ2) is 10.2. The number of amides is 1. The molecule has 0 bridgehead atoms. The van der Waals surface area contributed by atoms with Crippen LogP contribution in [0.3, 0.4) is 0 Å². The molecule has 34 heavy (non-hydrogen) atoms. The highest BCUT2D eigenvalue weighted by Crippen LogP contribution is 2.32. The van der Waals surface area contributed by atoms with Crippen molar-refractivity contribution in [3.63, 3.8) is 0 Å². The fourth-order valence-corrected chi connectivity index (χ4v) is 5.50. The van der Waals surface area contributed by atoms with Crippen molar-refractivity contribution >= 4 is 42.4 Å². The SMILES string of the molecule is CCOc1ccc2nc(N(Cc3ccccn3)C(=O)CS(=O)(=O)c3ccc(OC)cc3)sc2c1. The minimum Gasteiger partial charge on any atom is -0.497 e. The third-order valence-corrected chi connectivity index (χ3v) is 7.63. The number of benzene rings is 2. The van der Waals surface area contributed by atoms with Gasteiger partial charge in [-0.15, -0.1) is 0 Å². The van der Waals surface area contributed by atoms with Gasteiger partial charge in [-0.05, 0) is 61.5 Å². The molecule has 0 aliphatic carbocycles. The summed E-state index contributed by atoms with van der Waals surface area (Å²) in [4.78, 5) is 23.6. The Hall–Kier alpha value is -3.50. The molecule has 2 aromatic heterocycles. The molecule has 8 nitrogen and oxygen atoms in total. The number of hydrogen-bond donors (Lipinski definition) is 0. The molecule has 4 aromatic rings. The monoisotopic (exact) mass is 497 g/mol. The molecular formula is C24H23N3O5S2. The number of pyridine rings is 1. The summed E-state index contributed by atoms with van der Waals surface area (Å²) in [7, 11) is -2.39. The van der Waals surface area contributed by atoms with Crippen molar-refractivity contribution in [2.45, 2.75) is 18.4 Å². The average molecular weight is 498 g/mol. The van der Waals surface area contributed by atoms with Crippen LogP contribution in [0.15, 0.2) is 71.8 Å². The lowest BCUT2D eigenvalue weighted by atomic mass is 10.3. The van der Waals surface area contributed by atoms with Gasteiger partial charge in [-0.2, -0.15) is 0 Å². The maximum absolute atomic E-state index is 13.3. The molecule has 0 saturated heterocycles. The number of sulfone groups is 1. The van der Waals surface area contributed by atoms with Crippen LogP contribution in [0.1, 0.15) is 12.6 Å². The Balaban J connectivity index is 1.66. The third-order valence-electron chi connectivity index (χ3n) is 4.97. The van der Waals surface area contributed by atoms with E-state index in [9.17, 15) is 13.2 Å². The van der Waals surface area contributed by atoms with Gasteiger partial charge in [0.15, 0.2) is 15.0 Å². The van der Waals surface area contributed by atoms with E-state index in [0.717, 1.165) is 4.70 Å². The van der Waals surface area contributed by atoms with Gasteiger partial charge in [0.2, 0.25) is 5.91 Å². The number of fused-ring (bicyclic) bond motifs is 1. The first-order valence-electron chi connectivity index (χ1n) is 10.5. The average Bonchev–Trinajstić information content (AvgIpc) is 3.26. The zero-order chi connectivity index (χ0) is 24.1. The standard InChI is InChI=1S/C24H23N3O5S2/c1-3-32-19-9-12-21-22(14-19)33-24(26-21)27(15-17-6-4-5-13-25-17)23(28)16-34(29,30)20-10-7-18(31-2)8-11-20/h4-14H,3,15-16H2,1-2H3. The van der Waals surface area contributed by atoms with Gasteiger partial charge in [0, 0.05) is 6.20 Å². The summed E-state index contributed by atoms with van der Waals surface area (Å²) < 4.78 is 37.4. The Morgan fingerprint density at radius 3 is 2.50 bits per heavy atom. The molecule has 2 aromatic carbocycles. The van der Waals surface area contributed by atoms with Gasteiger partial charge in [0.25, 0.3) is 0 Å². The Labute approximate surface area is 201 Å². The summed E-state index contributed by atoms with van der Waals surface area (Å²) >= 11 is 1.29. The van der Waals surface area contributed by atoms with Crippen molar-refractivity contribution < 1.29 is 22.7 Å². The number of rotatable bonds is 9.